The number of aromatic nitrogens is 1. The zero-order valence-corrected chi connectivity index (χ0v) is 15.6. The Morgan fingerprint density at radius 2 is 2.12 bits per heavy atom. The monoisotopic (exact) mass is 391 g/mol. The number of anilines is 1. The van der Waals surface area contributed by atoms with Gasteiger partial charge in [-0.15, -0.1) is 11.8 Å². The van der Waals surface area contributed by atoms with Gasteiger partial charge in [-0.1, -0.05) is 23.2 Å². The van der Waals surface area contributed by atoms with E-state index in [1.54, 1.807) is 18.2 Å². The molecule has 7 heteroatoms. The third-order valence-electron chi connectivity index (χ3n) is 3.91. The largest absolute Gasteiger partial charge is 0.326 e. The minimum Gasteiger partial charge on any atom is -0.326 e. The molecule has 0 spiro atoms. The standard InChI is InChI=1S/C18H15Cl2N3OS/c19-14-5-4-13(9-15(14)20)22-17(24)6-7-25-18-12(10-21)8-11-2-1-3-16(11)23-18/h4-5,8-9H,1-3,6-7H2,(H,22,24). The van der Waals surface area contributed by atoms with Gasteiger partial charge in [-0.3, -0.25) is 4.79 Å². The Bertz CT molecular complexity index is 864. The highest BCUT2D eigenvalue weighted by atomic mass is 35.5. The van der Waals surface area contributed by atoms with Gasteiger partial charge >= 0.3 is 0 Å². The average molecular weight is 392 g/mol. The second-order valence-electron chi connectivity index (χ2n) is 5.69. The Balaban J connectivity index is 1.57. The molecule has 0 saturated heterocycles. The lowest BCUT2D eigenvalue weighted by molar-refractivity contribution is -0.115. The van der Waals surface area contributed by atoms with Gasteiger partial charge in [0.25, 0.3) is 0 Å². The van der Waals surface area contributed by atoms with Gasteiger partial charge in [0.2, 0.25) is 5.91 Å². The van der Waals surface area contributed by atoms with Crippen LogP contribution in [0, 0.1) is 11.3 Å². The number of nitriles is 1. The summed E-state index contributed by atoms with van der Waals surface area (Å²) in [6, 6.07) is 9.10. The van der Waals surface area contributed by atoms with E-state index in [1.807, 2.05) is 6.07 Å². The van der Waals surface area contributed by atoms with Crippen LogP contribution in [-0.4, -0.2) is 16.6 Å². The van der Waals surface area contributed by atoms with Crippen molar-refractivity contribution >= 4 is 46.6 Å². The molecule has 0 saturated carbocycles. The number of carbonyl (C=O) groups excluding carboxylic acids is 1. The summed E-state index contributed by atoms with van der Waals surface area (Å²) in [6.07, 6.45) is 3.36. The smallest absolute Gasteiger partial charge is 0.225 e. The van der Waals surface area contributed by atoms with Crippen molar-refractivity contribution in [1.82, 2.24) is 4.98 Å². The third-order valence-corrected chi connectivity index (χ3v) is 5.64. The van der Waals surface area contributed by atoms with Crippen LogP contribution in [0.3, 0.4) is 0 Å². The Morgan fingerprint density at radius 1 is 1.28 bits per heavy atom. The maximum atomic E-state index is 12.1. The van der Waals surface area contributed by atoms with Gasteiger partial charge in [0.15, 0.2) is 0 Å². The van der Waals surface area contributed by atoms with Crippen molar-refractivity contribution in [2.45, 2.75) is 30.7 Å². The van der Waals surface area contributed by atoms with E-state index < -0.39 is 0 Å². The van der Waals surface area contributed by atoms with Crippen LogP contribution in [0.15, 0.2) is 29.3 Å². The third kappa shape index (κ3) is 4.46. The van der Waals surface area contributed by atoms with E-state index in [0.717, 1.165) is 25.0 Å². The molecule has 0 bridgehead atoms. The number of nitrogens with one attached hydrogen (secondary N) is 1. The molecule has 0 unspecified atom stereocenters. The number of halogens is 2. The Morgan fingerprint density at radius 3 is 2.88 bits per heavy atom. The van der Waals surface area contributed by atoms with Crippen LogP contribution < -0.4 is 5.32 Å². The molecule has 25 heavy (non-hydrogen) atoms. The molecular weight excluding hydrogens is 377 g/mol. The Kier molecular flexibility index (Phi) is 5.85. The lowest BCUT2D eigenvalue weighted by Gasteiger charge is -2.08. The number of benzene rings is 1. The predicted octanol–water partition coefficient (Wildman–Crippen LogP) is 4.87. The zero-order valence-electron chi connectivity index (χ0n) is 13.3. The Hall–Kier alpha value is -1.74. The molecule has 1 amide bonds. The van der Waals surface area contributed by atoms with Gasteiger partial charge in [0.05, 0.1) is 15.6 Å². The van der Waals surface area contributed by atoms with Crippen molar-refractivity contribution in [2.24, 2.45) is 0 Å². The maximum absolute atomic E-state index is 12.1. The lowest BCUT2D eigenvalue weighted by atomic mass is 10.2. The van der Waals surface area contributed by atoms with Crippen molar-refractivity contribution in [1.29, 1.82) is 5.26 Å². The van der Waals surface area contributed by atoms with E-state index in [1.165, 1.54) is 17.3 Å². The van der Waals surface area contributed by atoms with Crippen LogP contribution in [0.2, 0.25) is 10.0 Å². The van der Waals surface area contributed by atoms with E-state index in [-0.39, 0.29) is 5.91 Å². The predicted molar refractivity (Wildman–Crippen MR) is 101 cm³/mol. The Labute approximate surface area is 160 Å². The fraction of sp³-hybridized carbons (Fsp3) is 0.278. The van der Waals surface area contributed by atoms with E-state index in [4.69, 9.17) is 23.2 Å². The summed E-state index contributed by atoms with van der Waals surface area (Å²) in [4.78, 5) is 16.7. The summed E-state index contributed by atoms with van der Waals surface area (Å²) in [7, 11) is 0. The van der Waals surface area contributed by atoms with Crippen LogP contribution >= 0.6 is 35.0 Å². The van der Waals surface area contributed by atoms with Crippen LogP contribution in [0.25, 0.3) is 0 Å². The van der Waals surface area contributed by atoms with Crippen LogP contribution in [0.5, 0.6) is 0 Å². The van der Waals surface area contributed by atoms with Crippen molar-refractivity contribution in [3.05, 3.63) is 51.1 Å². The zero-order chi connectivity index (χ0) is 17.8. The highest BCUT2D eigenvalue weighted by Gasteiger charge is 2.17. The number of hydrogen-bond acceptors (Lipinski definition) is 4. The fourth-order valence-corrected chi connectivity index (χ4v) is 3.89. The number of nitrogens with zero attached hydrogens (tertiary/aromatic N) is 2. The van der Waals surface area contributed by atoms with Crippen molar-refractivity contribution < 1.29 is 4.79 Å². The first kappa shape index (κ1) is 18.1. The number of pyridine rings is 1. The summed E-state index contributed by atoms with van der Waals surface area (Å²) in [5.74, 6) is 0.429. The molecule has 1 aliphatic carbocycles. The number of rotatable bonds is 5. The summed E-state index contributed by atoms with van der Waals surface area (Å²) in [6.45, 7) is 0. The van der Waals surface area contributed by atoms with Crippen LogP contribution in [0.1, 0.15) is 29.7 Å². The molecule has 1 N–H and O–H groups in total. The van der Waals surface area contributed by atoms with Crippen molar-refractivity contribution in [2.75, 3.05) is 11.1 Å². The molecular formula is C18H15Cl2N3OS. The molecule has 0 aliphatic heterocycles. The van der Waals surface area contributed by atoms with Gasteiger partial charge in [-0.05, 0) is 49.1 Å². The number of amides is 1. The normalized spacial score (nSPS) is 12.5. The topological polar surface area (TPSA) is 65.8 Å². The summed E-state index contributed by atoms with van der Waals surface area (Å²) < 4.78 is 0. The molecule has 3 rings (SSSR count). The number of carbonyl (C=O) groups is 1. The molecule has 1 aromatic carbocycles. The van der Waals surface area contributed by atoms with Crippen LogP contribution in [0.4, 0.5) is 5.69 Å². The molecule has 1 aromatic heterocycles. The molecule has 0 radical (unpaired) electrons. The minimum absolute atomic E-state index is 0.120. The highest BCUT2D eigenvalue weighted by Crippen LogP contribution is 2.28. The highest BCUT2D eigenvalue weighted by molar-refractivity contribution is 7.99. The lowest BCUT2D eigenvalue weighted by Crippen LogP contribution is -2.12. The maximum Gasteiger partial charge on any atom is 0.225 e. The summed E-state index contributed by atoms with van der Waals surface area (Å²) in [5.41, 5.74) is 3.47. The quantitative estimate of drug-likeness (QED) is 0.738. The van der Waals surface area contributed by atoms with E-state index in [0.29, 0.717) is 38.5 Å². The SMILES string of the molecule is N#Cc1cc2c(nc1SCCC(=O)Nc1ccc(Cl)c(Cl)c1)CCC2. The molecule has 2 aromatic rings. The molecule has 0 atom stereocenters. The van der Waals surface area contributed by atoms with E-state index >= 15 is 0 Å². The first-order valence-corrected chi connectivity index (χ1v) is 9.61. The number of hydrogen-bond donors (Lipinski definition) is 1. The van der Waals surface area contributed by atoms with Gasteiger partial charge in [-0.25, -0.2) is 4.98 Å². The second-order valence-corrected chi connectivity index (χ2v) is 7.59. The molecule has 1 aliphatic rings. The summed E-state index contributed by atoms with van der Waals surface area (Å²) >= 11 is 13.2. The molecule has 4 nitrogen and oxygen atoms in total. The second kappa shape index (κ2) is 8.09. The first-order chi connectivity index (χ1) is 12.1. The van der Waals surface area contributed by atoms with E-state index in [9.17, 15) is 10.1 Å². The first-order valence-electron chi connectivity index (χ1n) is 7.87. The fourth-order valence-electron chi connectivity index (χ4n) is 2.68. The molecule has 1 heterocycles. The molecule has 128 valence electrons. The van der Waals surface area contributed by atoms with Crippen LogP contribution in [-0.2, 0) is 17.6 Å². The number of thioether (sulfide) groups is 1. The van der Waals surface area contributed by atoms with Gasteiger partial charge in [0.1, 0.15) is 11.1 Å². The average Bonchev–Trinajstić information content (AvgIpc) is 3.04. The van der Waals surface area contributed by atoms with E-state index in [2.05, 4.69) is 16.4 Å². The number of fused-ring (bicyclic) bond motifs is 1. The number of aryl methyl sites for hydroxylation is 2. The summed E-state index contributed by atoms with van der Waals surface area (Å²) in [5, 5.41) is 13.6. The molecule has 0 fully saturated rings. The van der Waals surface area contributed by atoms with Crippen molar-refractivity contribution in [3.8, 4) is 6.07 Å². The van der Waals surface area contributed by atoms with Gasteiger partial charge in [-0.2, -0.15) is 5.26 Å². The van der Waals surface area contributed by atoms with Gasteiger partial charge in [0, 0.05) is 23.6 Å². The minimum atomic E-state index is -0.120. The van der Waals surface area contributed by atoms with Crippen molar-refractivity contribution in [3.63, 3.8) is 0 Å². The van der Waals surface area contributed by atoms with Gasteiger partial charge < -0.3 is 5.32 Å².